The van der Waals surface area contributed by atoms with Gasteiger partial charge in [-0.05, 0) is 30.2 Å². The van der Waals surface area contributed by atoms with E-state index in [0.29, 0.717) is 50.0 Å². The summed E-state index contributed by atoms with van der Waals surface area (Å²) in [6, 6.07) is 7.22. The zero-order valence-corrected chi connectivity index (χ0v) is 15.7. The number of carbonyl (C=O) groups excluding carboxylic acids is 2. The number of nitrogens with zero attached hydrogens (tertiary/aromatic N) is 4. The zero-order chi connectivity index (χ0) is 19.2. The van der Waals surface area contributed by atoms with E-state index in [2.05, 4.69) is 23.8 Å². The predicted molar refractivity (Wildman–Crippen MR) is 101 cm³/mol. The van der Waals surface area contributed by atoms with E-state index in [1.165, 1.54) is 18.6 Å². The van der Waals surface area contributed by atoms with Crippen LogP contribution in [0.2, 0.25) is 0 Å². The lowest BCUT2D eigenvalue weighted by atomic mass is 10.1. The summed E-state index contributed by atoms with van der Waals surface area (Å²) in [4.78, 5) is 36.5. The van der Waals surface area contributed by atoms with E-state index in [0.717, 1.165) is 5.75 Å². The Morgan fingerprint density at radius 1 is 1.00 bits per heavy atom. The minimum Gasteiger partial charge on any atom is -0.493 e. The summed E-state index contributed by atoms with van der Waals surface area (Å²) < 4.78 is 5.65. The van der Waals surface area contributed by atoms with Gasteiger partial charge in [-0.25, -0.2) is 4.98 Å². The van der Waals surface area contributed by atoms with Crippen LogP contribution in [-0.2, 0) is 0 Å². The topological polar surface area (TPSA) is 75.6 Å². The molecule has 27 heavy (non-hydrogen) atoms. The number of piperazine rings is 1. The van der Waals surface area contributed by atoms with E-state index in [9.17, 15) is 9.59 Å². The molecule has 0 bridgehead atoms. The first-order valence-corrected chi connectivity index (χ1v) is 9.12. The summed E-state index contributed by atoms with van der Waals surface area (Å²) in [5, 5.41) is 0. The van der Waals surface area contributed by atoms with Crippen molar-refractivity contribution in [3.8, 4) is 5.75 Å². The molecule has 2 heterocycles. The number of ether oxygens (including phenoxy) is 1. The Kier molecular flexibility index (Phi) is 6.01. The Morgan fingerprint density at radius 2 is 1.63 bits per heavy atom. The molecule has 2 aromatic rings. The van der Waals surface area contributed by atoms with E-state index in [-0.39, 0.29) is 11.8 Å². The highest BCUT2D eigenvalue weighted by atomic mass is 16.5. The molecule has 0 N–H and O–H groups in total. The Morgan fingerprint density at radius 3 is 2.19 bits per heavy atom. The molecule has 1 saturated heterocycles. The van der Waals surface area contributed by atoms with E-state index in [1.807, 2.05) is 12.1 Å². The molecule has 1 aromatic heterocycles. The number of hydrogen-bond acceptors (Lipinski definition) is 5. The van der Waals surface area contributed by atoms with E-state index < -0.39 is 0 Å². The number of hydrogen-bond donors (Lipinski definition) is 0. The average Bonchev–Trinajstić information content (AvgIpc) is 2.72. The molecule has 1 aliphatic rings. The maximum atomic E-state index is 12.7. The maximum absolute atomic E-state index is 12.7. The maximum Gasteiger partial charge on any atom is 0.274 e. The fraction of sp³-hybridized carbons (Fsp3) is 0.400. The number of benzene rings is 1. The van der Waals surface area contributed by atoms with Crippen molar-refractivity contribution in [2.24, 2.45) is 5.92 Å². The van der Waals surface area contributed by atoms with Crippen molar-refractivity contribution in [1.82, 2.24) is 19.8 Å². The Hall–Kier alpha value is -2.96. The van der Waals surface area contributed by atoms with Crippen molar-refractivity contribution in [3.05, 3.63) is 54.1 Å². The lowest BCUT2D eigenvalue weighted by molar-refractivity contribution is 0.0532. The number of amides is 2. The molecule has 0 spiro atoms. The SMILES string of the molecule is CC(C)COc1ccc(C(=O)N2CCN(C(=O)c3cnccn3)CC2)cc1. The molecule has 1 aromatic carbocycles. The van der Waals surface area contributed by atoms with Crippen LogP contribution in [-0.4, -0.2) is 64.4 Å². The summed E-state index contributed by atoms with van der Waals surface area (Å²) in [6.45, 7) is 6.79. The van der Waals surface area contributed by atoms with Gasteiger partial charge in [-0.3, -0.25) is 14.6 Å². The highest BCUT2D eigenvalue weighted by Crippen LogP contribution is 2.16. The van der Waals surface area contributed by atoms with Crippen LogP contribution in [0.1, 0.15) is 34.7 Å². The van der Waals surface area contributed by atoms with Crippen molar-refractivity contribution in [1.29, 1.82) is 0 Å². The van der Waals surface area contributed by atoms with Crippen LogP contribution in [0.4, 0.5) is 0 Å². The third kappa shape index (κ3) is 4.81. The lowest BCUT2D eigenvalue weighted by Crippen LogP contribution is -2.50. The quantitative estimate of drug-likeness (QED) is 0.808. The van der Waals surface area contributed by atoms with Crippen molar-refractivity contribution in [2.75, 3.05) is 32.8 Å². The van der Waals surface area contributed by atoms with Gasteiger partial charge in [-0.15, -0.1) is 0 Å². The van der Waals surface area contributed by atoms with Crippen molar-refractivity contribution < 1.29 is 14.3 Å². The molecule has 0 radical (unpaired) electrons. The molecule has 0 unspecified atom stereocenters. The Balaban J connectivity index is 1.54. The summed E-state index contributed by atoms with van der Waals surface area (Å²) in [5.41, 5.74) is 0.954. The van der Waals surface area contributed by atoms with E-state index >= 15 is 0 Å². The molecule has 1 aliphatic heterocycles. The van der Waals surface area contributed by atoms with Crippen molar-refractivity contribution in [3.63, 3.8) is 0 Å². The molecule has 0 atom stereocenters. The molecule has 3 rings (SSSR count). The Labute approximate surface area is 159 Å². The van der Waals surface area contributed by atoms with Gasteiger partial charge >= 0.3 is 0 Å². The third-order valence-corrected chi connectivity index (χ3v) is 4.32. The number of aromatic nitrogens is 2. The van der Waals surface area contributed by atoms with Crippen LogP contribution in [0, 0.1) is 5.92 Å². The number of carbonyl (C=O) groups is 2. The second kappa shape index (κ2) is 8.62. The van der Waals surface area contributed by atoms with Crippen LogP contribution >= 0.6 is 0 Å². The third-order valence-electron chi connectivity index (χ3n) is 4.32. The molecule has 7 heteroatoms. The van der Waals surface area contributed by atoms with Gasteiger partial charge in [0, 0.05) is 44.1 Å². The highest BCUT2D eigenvalue weighted by Gasteiger charge is 2.26. The molecule has 2 amide bonds. The normalized spacial score (nSPS) is 14.3. The molecule has 1 fully saturated rings. The summed E-state index contributed by atoms with van der Waals surface area (Å²) in [5.74, 6) is 1.03. The monoisotopic (exact) mass is 368 g/mol. The van der Waals surface area contributed by atoms with Crippen LogP contribution in [0.3, 0.4) is 0 Å². The Bertz CT molecular complexity index is 770. The molecule has 7 nitrogen and oxygen atoms in total. The molecule has 0 saturated carbocycles. The lowest BCUT2D eigenvalue weighted by Gasteiger charge is -2.34. The van der Waals surface area contributed by atoms with Gasteiger partial charge in [0.05, 0.1) is 12.8 Å². The molecular formula is C20H24N4O3. The van der Waals surface area contributed by atoms with E-state index in [1.54, 1.807) is 21.9 Å². The second-order valence-electron chi connectivity index (χ2n) is 6.90. The summed E-state index contributed by atoms with van der Waals surface area (Å²) in [7, 11) is 0. The van der Waals surface area contributed by atoms with E-state index in [4.69, 9.17) is 4.74 Å². The van der Waals surface area contributed by atoms with Gasteiger partial charge in [-0.2, -0.15) is 0 Å². The predicted octanol–water partition coefficient (Wildman–Crippen LogP) is 2.11. The summed E-state index contributed by atoms with van der Waals surface area (Å²) >= 11 is 0. The van der Waals surface area contributed by atoms with Gasteiger partial charge < -0.3 is 14.5 Å². The summed E-state index contributed by atoms with van der Waals surface area (Å²) in [6.07, 6.45) is 4.50. The van der Waals surface area contributed by atoms with Gasteiger partial charge in [-0.1, -0.05) is 13.8 Å². The van der Waals surface area contributed by atoms with Crippen LogP contribution in [0.25, 0.3) is 0 Å². The molecule has 0 aliphatic carbocycles. The first-order valence-electron chi connectivity index (χ1n) is 9.12. The first-order chi connectivity index (χ1) is 13.0. The van der Waals surface area contributed by atoms with Gasteiger partial charge in [0.1, 0.15) is 11.4 Å². The second-order valence-corrected chi connectivity index (χ2v) is 6.90. The smallest absolute Gasteiger partial charge is 0.274 e. The standard InChI is InChI=1S/C20H24N4O3/c1-15(2)14-27-17-5-3-16(4-6-17)19(25)23-9-11-24(12-10-23)20(26)18-13-21-7-8-22-18/h3-8,13,15H,9-12,14H2,1-2H3. The number of rotatable bonds is 5. The van der Waals surface area contributed by atoms with Crippen LogP contribution in [0.5, 0.6) is 5.75 Å². The molecular weight excluding hydrogens is 344 g/mol. The largest absolute Gasteiger partial charge is 0.493 e. The van der Waals surface area contributed by atoms with Crippen molar-refractivity contribution in [2.45, 2.75) is 13.8 Å². The van der Waals surface area contributed by atoms with Gasteiger partial charge in [0.25, 0.3) is 11.8 Å². The fourth-order valence-electron chi connectivity index (χ4n) is 2.82. The fourth-order valence-corrected chi connectivity index (χ4v) is 2.82. The van der Waals surface area contributed by atoms with Crippen molar-refractivity contribution >= 4 is 11.8 Å². The zero-order valence-electron chi connectivity index (χ0n) is 15.7. The highest BCUT2D eigenvalue weighted by molar-refractivity contribution is 5.95. The molecule has 142 valence electrons. The van der Waals surface area contributed by atoms with Crippen LogP contribution in [0.15, 0.2) is 42.9 Å². The minimum atomic E-state index is -0.151. The van der Waals surface area contributed by atoms with Gasteiger partial charge in [0.2, 0.25) is 0 Å². The van der Waals surface area contributed by atoms with Gasteiger partial charge in [0.15, 0.2) is 0 Å². The first kappa shape index (κ1) is 18.8. The van der Waals surface area contributed by atoms with Crippen LogP contribution < -0.4 is 4.74 Å². The minimum absolute atomic E-state index is 0.0305. The average molecular weight is 368 g/mol.